The molecule has 0 aliphatic heterocycles. The number of thioether (sulfide) groups is 1. The normalized spacial score (nSPS) is 13.9. The first-order valence-electron chi connectivity index (χ1n) is 6.33. The fraction of sp³-hybridized carbons (Fsp3) is 0.500. The van der Waals surface area contributed by atoms with Crippen LogP contribution in [0, 0.1) is 5.92 Å². The molecule has 2 atom stereocenters. The van der Waals surface area contributed by atoms with Gasteiger partial charge >= 0.3 is 0 Å². The van der Waals surface area contributed by atoms with Crippen molar-refractivity contribution in [2.24, 2.45) is 5.92 Å². The number of nitrogens with one attached hydrogen (secondary N) is 1. The molecule has 1 rings (SSSR count). The molecule has 2 N–H and O–H groups in total. The van der Waals surface area contributed by atoms with E-state index in [0.717, 1.165) is 9.37 Å². The Morgan fingerprint density at radius 2 is 2.00 bits per heavy atom. The van der Waals surface area contributed by atoms with Gasteiger partial charge in [-0.25, -0.2) is 0 Å². The Morgan fingerprint density at radius 3 is 2.58 bits per heavy atom. The van der Waals surface area contributed by atoms with Crippen LogP contribution in [0.3, 0.4) is 0 Å². The quantitative estimate of drug-likeness (QED) is 0.746. The minimum Gasteiger partial charge on any atom is -0.396 e. The maximum Gasteiger partial charge on any atom is 0.233 e. The van der Waals surface area contributed by atoms with Crippen molar-refractivity contribution in [1.82, 2.24) is 5.32 Å². The van der Waals surface area contributed by atoms with Crippen LogP contribution in [-0.4, -0.2) is 29.4 Å². The molecule has 2 unspecified atom stereocenters. The lowest BCUT2D eigenvalue weighted by Gasteiger charge is -2.15. The number of carbonyl (C=O) groups is 1. The molecule has 0 aliphatic rings. The Bertz CT molecular complexity index is 397. The summed E-state index contributed by atoms with van der Waals surface area (Å²) < 4.78 is 1.03. The second kappa shape index (κ2) is 8.61. The standard InChI is InChI=1S/C14H20BrNO2S/c1-10(7-8-17)9-16-14(18)11(2)19-13-5-3-12(15)4-6-13/h3-6,10-11,17H,7-9H2,1-2H3,(H,16,18). The molecule has 1 aromatic rings. The van der Waals surface area contributed by atoms with Crippen LogP contribution in [-0.2, 0) is 4.79 Å². The molecule has 0 aliphatic carbocycles. The SMILES string of the molecule is CC(CCO)CNC(=O)C(C)Sc1ccc(Br)cc1. The van der Waals surface area contributed by atoms with E-state index in [2.05, 4.69) is 21.2 Å². The van der Waals surface area contributed by atoms with Crippen LogP contribution < -0.4 is 5.32 Å². The van der Waals surface area contributed by atoms with E-state index >= 15 is 0 Å². The molecule has 0 saturated heterocycles. The van der Waals surface area contributed by atoms with Crippen molar-refractivity contribution >= 4 is 33.6 Å². The monoisotopic (exact) mass is 345 g/mol. The minimum atomic E-state index is -0.123. The summed E-state index contributed by atoms with van der Waals surface area (Å²) in [6.07, 6.45) is 0.717. The molecule has 0 radical (unpaired) electrons. The summed E-state index contributed by atoms with van der Waals surface area (Å²) in [5, 5.41) is 11.6. The number of benzene rings is 1. The first-order chi connectivity index (χ1) is 9.02. The predicted octanol–water partition coefficient (Wildman–Crippen LogP) is 3.06. The Hall–Kier alpha value is -0.520. The summed E-state index contributed by atoms with van der Waals surface area (Å²) in [4.78, 5) is 13.0. The fourth-order valence-corrected chi connectivity index (χ4v) is 2.67. The second-order valence-electron chi connectivity index (χ2n) is 4.58. The fourth-order valence-electron chi connectivity index (χ4n) is 1.51. The predicted molar refractivity (Wildman–Crippen MR) is 83.3 cm³/mol. The van der Waals surface area contributed by atoms with Crippen LogP contribution in [0.1, 0.15) is 20.3 Å². The van der Waals surface area contributed by atoms with E-state index in [1.807, 2.05) is 38.1 Å². The molecule has 0 saturated carbocycles. The lowest BCUT2D eigenvalue weighted by Crippen LogP contribution is -2.34. The zero-order valence-corrected chi connectivity index (χ0v) is 13.6. The summed E-state index contributed by atoms with van der Waals surface area (Å²) in [5.74, 6) is 0.344. The van der Waals surface area contributed by atoms with Crippen molar-refractivity contribution in [2.45, 2.75) is 30.4 Å². The number of amides is 1. The van der Waals surface area contributed by atoms with Gasteiger partial charge in [0.15, 0.2) is 0 Å². The molecular weight excluding hydrogens is 326 g/mol. The number of aliphatic hydroxyl groups excluding tert-OH is 1. The molecular formula is C14H20BrNO2S. The average molecular weight is 346 g/mol. The maximum absolute atomic E-state index is 11.9. The van der Waals surface area contributed by atoms with Crippen LogP contribution in [0.5, 0.6) is 0 Å². The smallest absolute Gasteiger partial charge is 0.233 e. The third-order valence-electron chi connectivity index (χ3n) is 2.74. The van der Waals surface area contributed by atoms with Crippen LogP contribution in [0.25, 0.3) is 0 Å². The van der Waals surface area contributed by atoms with Crippen molar-refractivity contribution in [2.75, 3.05) is 13.2 Å². The molecule has 0 aromatic heterocycles. The number of carbonyl (C=O) groups excluding carboxylic acids is 1. The van der Waals surface area contributed by atoms with Gasteiger partial charge in [0.2, 0.25) is 5.91 Å². The van der Waals surface area contributed by atoms with Gasteiger partial charge < -0.3 is 10.4 Å². The minimum absolute atomic E-state index is 0.0395. The van der Waals surface area contributed by atoms with E-state index in [0.29, 0.717) is 18.9 Å². The van der Waals surface area contributed by atoms with Gasteiger partial charge in [0.25, 0.3) is 0 Å². The van der Waals surface area contributed by atoms with Crippen molar-refractivity contribution in [3.63, 3.8) is 0 Å². The molecule has 3 nitrogen and oxygen atoms in total. The Morgan fingerprint density at radius 1 is 1.37 bits per heavy atom. The molecule has 0 heterocycles. The van der Waals surface area contributed by atoms with Gasteiger partial charge in [-0.15, -0.1) is 11.8 Å². The van der Waals surface area contributed by atoms with Crippen LogP contribution in [0.15, 0.2) is 33.6 Å². The van der Waals surface area contributed by atoms with E-state index in [-0.39, 0.29) is 17.8 Å². The summed E-state index contributed by atoms with van der Waals surface area (Å²) >= 11 is 4.93. The van der Waals surface area contributed by atoms with Gasteiger partial charge in [0.05, 0.1) is 5.25 Å². The topological polar surface area (TPSA) is 49.3 Å². The molecule has 1 aromatic carbocycles. The van der Waals surface area contributed by atoms with E-state index in [4.69, 9.17) is 5.11 Å². The molecule has 106 valence electrons. The van der Waals surface area contributed by atoms with E-state index in [1.165, 1.54) is 0 Å². The summed E-state index contributed by atoms with van der Waals surface area (Å²) in [6.45, 7) is 4.70. The van der Waals surface area contributed by atoms with Crippen molar-refractivity contribution in [3.8, 4) is 0 Å². The molecule has 1 amide bonds. The first-order valence-corrected chi connectivity index (χ1v) is 8.01. The van der Waals surface area contributed by atoms with Gasteiger partial charge in [-0.2, -0.15) is 0 Å². The molecule has 5 heteroatoms. The highest BCUT2D eigenvalue weighted by Crippen LogP contribution is 2.24. The van der Waals surface area contributed by atoms with Crippen LogP contribution in [0.2, 0.25) is 0 Å². The molecule has 19 heavy (non-hydrogen) atoms. The number of hydrogen-bond donors (Lipinski definition) is 2. The van der Waals surface area contributed by atoms with E-state index in [9.17, 15) is 4.79 Å². The van der Waals surface area contributed by atoms with E-state index in [1.54, 1.807) is 11.8 Å². The molecule has 0 bridgehead atoms. The van der Waals surface area contributed by atoms with Crippen LogP contribution in [0.4, 0.5) is 0 Å². The number of hydrogen-bond acceptors (Lipinski definition) is 3. The van der Waals surface area contributed by atoms with Crippen molar-refractivity contribution < 1.29 is 9.90 Å². The number of halogens is 1. The highest BCUT2D eigenvalue weighted by atomic mass is 79.9. The zero-order valence-electron chi connectivity index (χ0n) is 11.2. The molecule has 0 fully saturated rings. The van der Waals surface area contributed by atoms with Gasteiger partial charge in [0, 0.05) is 22.5 Å². The van der Waals surface area contributed by atoms with Crippen LogP contribution >= 0.6 is 27.7 Å². The summed E-state index contributed by atoms with van der Waals surface area (Å²) in [7, 11) is 0. The number of rotatable bonds is 7. The third-order valence-corrected chi connectivity index (χ3v) is 4.38. The summed E-state index contributed by atoms with van der Waals surface area (Å²) in [6, 6.07) is 7.92. The van der Waals surface area contributed by atoms with Gasteiger partial charge in [0.1, 0.15) is 0 Å². The lowest BCUT2D eigenvalue weighted by molar-refractivity contribution is -0.120. The Balaban J connectivity index is 2.38. The highest BCUT2D eigenvalue weighted by Gasteiger charge is 2.14. The average Bonchev–Trinajstić information content (AvgIpc) is 2.39. The summed E-state index contributed by atoms with van der Waals surface area (Å²) in [5.41, 5.74) is 0. The second-order valence-corrected chi connectivity index (χ2v) is 6.91. The lowest BCUT2D eigenvalue weighted by atomic mass is 10.1. The van der Waals surface area contributed by atoms with Crippen molar-refractivity contribution in [1.29, 1.82) is 0 Å². The van der Waals surface area contributed by atoms with E-state index < -0.39 is 0 Å². The Labute approximate surface area is 127 Å². The Kier molecular flexibility index (Phi) is 7.49. The largest absolute Gasteiger partial charge is 0.396 e. The van der Waals surface area contributed by atoms with Gasteiger partial charge in [-0.3, -0.25) is 4.79 Å². The van der Waals surface area contributed by atoms with Gasteiger partial charge in [-0.1, -0.05) is 22.9 Å². The first kappa shape index (κ1) is 16.5. The third kappa shape index (κ3) is 6.45. The highest BCUT2D eigenvalue weighted by molar-refractivity contribution is 9.10. The van der Waals surface area contributed by atoms with Crippen molar-refractivity contribution in [3.05, 3.63) is 28.7 Å². The molecule has 0 spiro atoms. The zero-order chi connectivity index (χ0) is 14.3. The maximum atomic E-state index is 11.9. The number of aliphatic hydroxyl groups is 1. The van der Waals surface area contributed by atoms with Gasteiger partial charge in [-0.05, 0) is 43.5 Å².